The number of ether oxygens (including phenoxy) is 1. The van der Waals surface area contributed by atoms with E-state index in [-0.39, 0.29) is 34.2 Å². The number of amides is 1. The number of nitrogens with zero attached hydrogens (tertiary/aromatic N) is 3. The van der Waals surface area contributed by atoms with E-state index < -0.39 is 18.0 Å². The molecule has 0 unspecified atom stereocenters. The highest BCUT2D eigenvalue weighted by Crippen LogP contribution is 2.39. The Hall–Kier alpha value is -3.82. The highest BCUT2D eigenvalue weighted by Gasteiger charge is 2.37. The van der Waals surface area contributed by atoms with E-state index in [2.05, 4.69) is 14.7 Å². The monoisotopic (exact) mass is 416 g/mol. The quantitative estimate of drug-likeness (QED) is 0.691. The number of aromatic nitrogens is 2. The molecule has 1 amide bonds. The number of alkyl halides is 3. The summed E-state index contributed by atoms with van der Waals surface area (Å²) in [6.45, 7) is 1.74. The fourth-order valence-electron chi connectivity index (χ4n) is 3.17. The number of benzene rings is 1. The maximum absolute atomic E-state index is 12.9. The molecule has 0 aliphatic carbocycles. The zero-order valence-electron chi connectivity index (χ0n) is 15.8. The van der Waals surface area contributed by atoms with Gasteiger partial charge in [0, 0.05) is 12.6 Å². The number of carbonyl (C=O) groups is 1. The Morgan fingerprint density at radius 2 is 1.83 bits per heavy atom. The molecule has 3 aromatic rings. The summed E-state index contributed by atoms with van der Waals surface area (Å²) in [6, 6.07) is 8.95. The van der Waals surface area contributed by atoms with E-state index in [4.69, 9.17) is 10.2 Å². The summed E-state index contributed by atoms with van der Waals surface area (Å²) in [4.78, 5) is 22.5. The van der Waals surface area contributed by atoms with Crippen molar-refractivity contribution in [1.82, 2.24) is 14.9 Å². The molecule has 0 saturated heterocycles. The Morgan fingerprint density at radius 3 is 2.50 bits per heavy atom. The predicted octanol–water partition coefficient (Wildman–Crippen LogP) is 4.11. The lowest BCUT2D eigenvalue weighted by atomic mass is 10.1. The molecule has 7 nitrogen and oxygen atoms in total. The number of para-hydroxylation sites is 1. The van der Waals surface area contributed by atoms with Gasteiger partial charge in [-0.15, -0.1) is 13.2 Å². The van der Waals surface area contributed by atoms with Crippen molar-refractivity contribution in [3.63, 3.8) is 0 Å². The van der Waals surface area contributed by atoms with Crippen molar-refractivity contribution in [2.75, 3.05) is 12.8 Å². The predicted molar refractivity (Wildman–Crippen MR) is 102 cm³/mol. The van der Waals surface area contributed by atoms with Crippen LogP contribution in [0.1, 0.15) is 27.4 Å². The summed E-state index contributed by atoms with van der Waals surface area (Å²) in [5, 5.41) is 0. The van der Waals surface area contributed by atoms with Crippen molar-refractivity contribution >= 4 is 23.6 Å². The van der Waals surface area contributed by atoms with Gasteiger partial charge in [0.2, 0.25) is 5.95 Å². The van der Waals surface area contributed by atoms with Crippen molar-refractivity contribution in [2.24, 2.45) is 0 Å². The first-order valence-corrected chi connectivity index (χ1v) is 8.73. The average molecular weight is 416 g/mol. The van der Waals surface area contributed by atoms with E-state index in [1.807, 2.05) is 0 Å². The molecular weight excluding hydrogens is 401 g/mol. The number of nitrogen functional groups attached to an aromatic ring is 1. The highest BCUT2D eigenvalue weighted by atomic mass is 19.4. The minimum absolute atomic E-state index is 0.105. The lowest BCUT2D eigenvalue weighted by molar-refractivity contribution is -0.274. The Labute approximate surface area is 168 Å². The van der Waals surface area contributed by atoms with Crippen LogP contribution in [0.5, 0.6) is 5.75 Å². The van der Waals surface area contributed by atoms with E-state index in [9.17, 15) is 18.0 Å². The van der Waals surface area contributed by atoms with Gasteiger partial charge in [0.25, 0.3) is 5.91 Å². The second-order valence-corrected chi connectivity index (χ2v) is 6.54. The zero-order chi connectivity index (χ0) is 21.6. The molecule has 0 atom stereocenters. The second kappa shape index (κ2) is 6.90. The van der Waals surface area contributed by atoms with E-state index in [0.29, 0.717) is 11.5 Å². The van der Waals surface area contributed by atoms with Crippen molar-refractivity contribution in [3.8, 4) is 17.2 Å². The summed E-state index contributed by atoms with van der Waals surface area (Å²) in [7, 11) is 1.48. The van der Waals surface area contributed by atoms with Crippen molar-refractivity contribution in [1.29, 1.82) is 0 Å². The third-order valence-corrected chi connectivity index (χ3v) is 4.46. The van der Waals surface area contributed by atoms with Crippen LogP contribution in [0.3, 0.4) is 0 Å². The number of furan rings is 1. The van der Waals surface area contributed by atoms with E-state index >= 15 is 0 Å². The third-order valence-electron chi connectivity index (χ3n) is 4.46. The molecule has 1 aliphatic heterocycles. The number of hydrogen-bond donors (Lipinski definition) is 1. The minimum atomic E-state index is -4.86. The van der Waals surface area contributed by atoms with Crippen LogP contribution in [0.25, 0.3) is 23.2 Å². The summed E-state index contributed by atoms with van der Waals surface area (Å²) in [5.74, 6) is 0.00208. The molecule has 0 spiro atoms. The van der Waals surface area contributed by atoms with Gasteiger partial charge >= 0.3 is 6.36 Å². The van der Waals surface area contributed by atoms with Crippen LogP contribution in [-0.2, 0) is 0 Å². The van der Waals surface area contributed by atoms with Gasteiger partial charge in [0.15, 0.2) is 5.76 Å². The number of anilines is 1. The first-order valence-electron chi connectivity index (χ1n) is 8.73. The van der Waals surface area contributed by atoms with Crippen LogP contribution in [0, 0.1) is 6.92 Å². The van der Waals surface area contributed by atoms with Gasteiger partial charge in [-0.25, -0.2) is 9.97 Å². The molecule has 30 heavy (non-hydrogen) atoms. The number of nitrogens with two attached hydrogens (primary N) is 1. The van der Waals surface area contributed by atoms with Gasteiger partial charge in [-0.05, 0) is 31.2 Å². The van der Waals surface area contributed by atoms with Crippen LogP contribution >= 0.6 is 0 Å². The number of rotatable bonds is 3. The molecule has 0 bridgehead atoms. The fourth-order valence-corrected chi connectivity index (χ4v) is 3.17. The molecule has 3 heterocycles. The Morgan fingerprint density at radius 1 is 1.13 bits per heavy atom. The molecule has 154 valence electrons. The van der Waals surface area contributed by atoms with Crippen LogP contribution in [0.4, 0.5) is 19.1 Å². The van der Waals surface area contributed by atoms with Crippen molar-refractivity contribution in [3.05, 3.63) is 59.0 Å². The molecule has 0 radical (unpaired) electrons. The van der Waals surface area contributed by atoms with Crippen molar-refractivity contribution < 1.29 is 27.1 Å². The molecular formula is C20H15F3N4O3. The van der Waals surface area contributed by atoms with Gasteiger partial charge in [0.05, 0.1) is 11.3 Å². The fraction of sp³-hybridized carbons (Fsp3) is 0.150. The summed E-state index contributed by atoms with van der Waals surface area (Å²) in [6.07, 6.45) is -3.48. The first kappa shape index (κ1) is 19.5. The SMILES string of the molecule is Cc1ccc(-c2nc(N)nc3c2C(=O)N(C)C3=Cc2ccccc2OC(F)(F)F)o1. The molecule has 2 aromatic heterocycles. The average Bonchev–Trinajstić information content (AvgIpc) is 3.19. The number of carbonyl (C=O) groups excluding carboxylic acids is 1. The van der Waals surface area contributed by atoms with Crippen LogP contribution in [0.2, 0.25) is 0 Å². The van der Waals surface area contributed by atoms with E-state index in [0.717, 1.165) is 0 Å². The van der Waals surface area contributed by atoms with Crippen LogP contribution in [0.15, 0.2) is 40.8 Å². The first-order chi connectivity index (χ1) is 14.1. The van der Waals surface area contributed by atoms with Gasteiger partial charge in [-0.2, -0.15) is 0 Å². The van der Waals surface area contributed by atoms with Gasteiger partial charge in [-0.3, -0.25) is 4.79 Å². The smallest absolute Gasteiger partial charge is 0.460 e. The van der Waals surface area contributed by atoms with E-state index in [1.54, 1.807) is 25.1 Å². The largest absolute Gasteiger partial charge is 0.573 e. The lowest BCUT2D eigenvalue weighted by Crippen LogP contribution is -2.18. The maximum atomic E-state index is 12.9. The maximum Gasteiger partial charge on any atom is 0.573 e. The molecule has 2 N–H and O–H groups in total. The molecule has 1 aromatic carbocycles. The molecule has 0 fully saturated rings. The third kappa shape index (κ3) is 3.47. The van der Waals surface area contributed by atoms with Crippen LogP contribution in [-0.4, -0.2) is 34.2 Å². The highest BCUT2D eigenvalue weighted by molar-refractivity contribution is 6.14. The van der Waals surface area contributed by atoms with Gasteiger partial charge in [-0.1, -0.05) is 18.2 Å². The number of fused-ring (bicyclic) bond motifs is 1. The molecule has 4 rings (SSSR count). The van der Waals surface area contributed by atoms with Gasteiger partial charge in [0.1, 0.15) is 22.9 Å². The van der Waals surface area contributed by atoms with Gasteiger partial charge < -0.3 is 19.8 Å². The minimum Gasteiger partial charge on any atom is -0.460 e. The Balaban J connectivity index is 1.89. The van der Waals surface area contributed by atoms with Crippen molar-refractivity contribution in [2.45, 2.75) is 13.3 Å². The van der Waals surface area contributed by atoms with E-state index in [1.165, 1.54) is 36.2 Å². The normalized spacial score (nSPS) is 15.0. The number of halogens is 3. The Bertz CT molecular complexity index is 1180. The lowest BCUT2D eigenvalue weighted by Gasteiger charge is -2.14. The number of aryl methyl sites for hydroxylation is 1. The second-order valence-electron chi connectivity index (χ2n) is 6.54. The Kier molecular flexibility index (Phi) is 4.49. The standard InChI is InChI=1S/C20H15F3N4O3/c1-10-7-8-14(29-10)17-15-16(25-19(24)26-17)12(27(2)18(15)28)9-11-5-3-4-6-13(11)30-20(21,22)23/h3-9H,1-2H3,(H2,24,25,26). The molecule has 10 heteroatoms. The topological polar surface area (TPSA) is 94.5 Å². The summed E-state index contributed by atoms with van der Waals surface area (Å²) >= 11 is 0. The summed E-state index contributed by atoms with van der Waals surface area (Å²) in [5.41, 5.74) is 6.78. The molecule has 0 saturated carbocycles. The van der Waals surface area contributed by atoms with Crippen LogP contribution < -0.4 is 10.5 Å². The number of hydrogen-bond acceptors (Lipinski definition) is 6. The summed E-state index contributed by atoms with van der Waals surface area (Å²) < 4.78 is 47.9. The molecule has 1 aliphatic rings. The zero-order valence-corrected chi connectivity index (χ0v) is 15.8.